The number of halogens is 2. The van der Waals surface area contributed by atoms with Crippen molar-refractivity contribution in [2.75, 3.05) is 7.11 Å². The van der Waals surface area contributed by atoms with Gasteiger partial charge in [0.05, 0.1) is 20.7 Å². The molecule has 0 spiro atoms. The van der Waals surface area contributed by atoms with Gasteiger partial charge in [0.2, 0.25) is 0 Å². The van der Waals surface area contributed by atoms with Gasteiger partial charge in [0.15, 0.2) is 0 Å². The molecule has 1 aromatic rings. The zero-order chi connectivity index (χ0) is 13.0. The van der Waals surface area contributed by atoms with Crippen LogP contribution in [0.2, 0.25) is 5.82 Å². The smallest absolute Gasteiger partial charge is 0.126 e. The van der Waals surface area contributed by atoms with Crippen molar-refractivity contribution >= 4 is 7.85 Å². The lowest BCUT2D eigenvalue weighted by molar-refractivity contribution is 0.277. The predicted molar refractivity (Wildman–Crippen MR) is 65.1 cm³/mol. The summed E-state index contributed by atoms with van der Waals surface area (Å²) in [6.45, 7) is 5.16. The van der Waals surface area contributed by atoms with Crippen LogP contribution in [0.4, 0.5) is 8.78 Å². The van der Waals surface area contributed by atoms with Crippen LogP contribution >= 0.6 is 0 Å². The van der Waals surface area contributed by atoms with Crippen LogP contribution in [0.15, 0.2) is 24.5 Å². The molecule has 17 heavy (non-hydrogen) atoms. The molecule has 0 saturated carbocycles. The maximum Gasteiger partial charge on any atom is 0.126 e. The number of aryl methyl sites for hydroxylation is 1. The minimum Gasteiger partial charge on any atom is -0.502 e. The molecular formula is C13H15BF2O. The third-order valence-electron chi connectivity index (χ3n) is 2.59. The number of hydrogen-bond acceptors (Lipinski definition) is 1. The summed E-state index contributed by atoms with van der Waals surface area (Å²) in [6, 6.07) is 2.38. The van der Waals surface area contributed by atoms with Crippen LogP contribution in [-0.2, 0) is 11.2 Å². The van der Waals surface area contributed by atoms with Gasteiger partial charge >= 0.3 is 0 Å². The minimum absolute atomic E-state index is 0.255. The van der Waals surface area contributed by atoms with Gasteiger partial charge in [-0.25, -0.2) is 8.78 Å². The number of hydrogen-bond donors (Lipinski definition) is 0. The molecule has 4 heteroatoms. The molecule has 1 rings (SSSR count). The highest BCUT2D eigenvalue weighted by molar-refractivity contribution is 6.11. The average molecular weight is 236 g/mol. The Balaban J connectivity index is 2.74. The van der Waals surface area contributed by atoms with E-state index < -0.39 is 11.6 Å². The Labute approximate surface area is 102 Å². The molecule has 2 radical (unpaired) electrons. The van der Waals surface area contributed by atoms with Crippen LogP contribution in [0.3, 0.4) is 0 Å². The Hall–Kier alpha value is -1.32. The highest BCUT2D eigenvalue weighted by Crippen LogP contribution is 2.22. The van der Waals surface area contributed by atoms with Crippen molar-refractivity contribution in [1.29, 1.82) is 0 Å². The van der Waals surface area contributed by atoms with Gasteiger partial charge < -0.3 is 4.74 Å². The van der Waals surface area contributed by atoms with E-state index in [9.17, 15) is 8.78 Å². The Morgan fingerprint density at radius 2 is 2.06 bits per heavy atom. The molecule has 1 unspecified atom stereocenters. The van der Waals surface area contributed by atoms with Gasteiger partial charge in [0, 0.05) is 0 Å². The van der Waals surface area contributed by atoms with Crippen molar-refractivity contribution in [3.8, 4) is 0 Å². The van der Waals surface area contributed by atoms with E-state index in [0.717, 1.165) is 0 Å². The average Bonchev–Trinajstić information content (AvgIpc) is 2.25. The molecule has 90 valence electrons. The number of rotatable bonds is 5. The molecule has 0 bridgehead atoms. The van der Waals surface area contributed by atoms with Gasteiger partial charge in [0.1, 0.15) is 11.6 Å². The summed E-state index contributed by atoms with van der Waals surface area (Å²) >= 11 is 0. The van der Waals surface area contributed by atoms with E-state index in [1.807, 2.05) is 0 Å². The topological polar surface area (TPSA) is 9.23 Å². The van der Waals surface area contributed by atoms with Gasteiger partial charge in [-0.3, -0.25) is 0 Å². The van der Waals surface area contributed by atoms with Crippen LogP contribution in [0.1, 0.15) is 17.5 Å². The van der Waals surface area contributed by atoms with E-state index in [0.29, 0.717) is 17.7 Å². The molecule has 0 aliphatic rings. The third-order valence-corrected chi connectivity index (χ3v) is 2.59. The summed E-state index contributed by atoms with van der Waals surface area (Å²) in [5.74, 6) is -0.647. The summed E-state index contributed by atoms with van der Waals surface area (Å²) in [4.78, 5) is 0. The lowest BCUT2D eigenvalue weighted by Crippen LogP contribution is -2.03. The van der Waals surface area contributed by atoms with Crippen LogP contribution in [0.5, 0.6) is 0 Å². The van der Waals surface area contributed by atoms with Crippen molar-refractivity contribution in [3.63, 3.8) is 0 Å². The van der Waals surface area contributed by atoms with E-state index in [4.69, 9.17) is 12.6 Å². The van der Waals surface area contributed by atoms with Crippen LogP contribution in [-0.4, -0.2) is 15.0 Å². The van der Waals surface area contributed by atoms with E-state index in [1.54, 1.807) is 0 Å². The molecule has 0 amide bonds. The highest BCUT2D eigenvalue weighted by atomic mass is 19.1. The highest BCUT2D eigenvalue weighted by Gasteiger charge is 2.12. The fraction of sp³-hybridized carbons (Fsp3) is 0.385. The van der Waals surface area contributed by atoms with Gasteiger partial charge in [0.25, 0.3) is 0 Å². The summed E-state index contributed by atoms with van der Waals surface area (Å²) < 4.78 is 31.7. The minimum atomic E-state index is -0.428. The van der Waals surface area contributed by atoms with Crippen molar-refractivity contribution in [1.82, 2.24) is 0 Å². The fourth-order valence-corrected chi connectivity index (χ4v) is 1.57. The largest absolute Gasteiger partial charge is 0.502 e. The SMILES string of the molecule is [B]C(CC(=C)OC)Cc1cc(F)c(C)cc1F. The molecule has 0 aromatic heterocycles. The van der Waals surface area contributed by atoms with E-state index >= 15 is 0 Å². The summed E-state index contributed by atoms with van der Waals surface area (Å²) in [5.41, 5.74) is 0.575. The van der Waals surface area contributed by atoms with Crippen LogP contribution < -0.4 is 0 Å². The maximum absolute atomic E-state index is 13.5. The molecule has 0 aliphatic carbocycles. The maximum atomic E-state index is 13.5. The molecule has 0 aliphatic heterocycles. The standard InChI is InChI=1S/C13H15BF2O/c1-8-4-13(16)10(7-12(8)15)6-11(14)5-9(2)17-3/h4,7,11H,2,5-6H2,1,3H3. The number of ether oxygens (including phenoxy) is 1. The summed E-state index contributed by atoms with van der Waals surface area (Å²) in [7, 11) is 7.31. The van der Waals surface area contributed by atoms with Crippen molar-refractivity contribution in [2.24, 2.45) is 0 Å². The Kier molecular flexibility index (Phi) is 4.73. The van der Waals surface area contributed by atoms with Crippen LogP contribution in [0.25, 0.3) is 0 Å². The predicted octanol–water partition coefficient (Wildman–Crippen LogP) is 3.32. The molecule has 1 aromatic carbocycles. The summed E-state index contributed by atoms with van der Waals surface area (Å²) in [5, 5.41) is 0. The monoisotopic (exact) mass is 236 g/mol. The molecule has 1 nitrogen and oxygen atoms in total. The Morgan fingerprint density at radius 1 is 1.41 bits per heavy atom. The van der Waals surface area contributed by atoms with Crippen molar-refractivity contribution in [2.45, 2.75) is 25.6 Å². The lowest BCUT2D eigenvalue weighted by Gasteiger charge is -2.14. The normalized spacial score (nSPS) is 12.2. The van der Waals surface area contributed by atoms with E-state index in [1.165, 1.54) is 26.2 Å². The molecular weight excluding hydrogens is 221 g/mol. The van der Waals surface area contributed by atoms with Crippen molar-refractivity contribution in [3.05, 3.63) is 47.2 Å². The van der Waals surface area contributed by atoms with Gasteiger partial charge in [-0.15, -0.1) is 0 Å². The first-order chi connectivity index (χ1) is 7.93. The first-order valence-corrected chi connectivity index (χ1v) is 5.36. The third kappa shape index (κ3) is 3.88. The quantitative estimate of drug-likeness (QED) is 0.562. The fourth-order valence-electron chi connectivity index (χ4n) is 1.57. The molecule has 1 atom stereocenters. The second-order valence-corrected chi connectivity index (χ2v) is 4.10. The zero-order valence-electron chi connectivity index (χ0n) is 10.1. The summed E-state index contributed by atoms with van der Waals surface area (Å²) in [6.07, 6.45) is 0.677. The van der Waals surface area contributed by atoms with E-state index in [-0.39, 0.29) is 17.8 Å². The molecule has 0 N–H and O–H groups in total. The molecule has 0 heterocycles. The van der Waals surface area contributed by atoms with Gasteiger partial charge in [-0.2, -0.15) is 0 Å². The number of allylic oxidation sites excluding steroid dienone is 1. The second-order valence-electron chi connectivity index (χ2n) is 4.10. The van der Waals surface area contributed by atoms with Gasteiger partial charge in [-0.1, -0.05) is 12.4 Å². The molecule has 0 fully saturated rings. The Bertz CT molecular complexity index is 418. The van der Waals surface area contributed by atoms with Crippen LogP contribution in [0, 0.1) is 18.6 Å². The molecule has 0 saturated heterocycles. The second kappa shape index (κ2) is 5.85. The van der Waals surface area contributed by atoms with Gasteiger partial charge in [-0.05, 0) is 43.0 Å². The van der Waals surface area contributed by atoms with E-state index in [2.05, 4.69) is 6.58 Å². The first-order valence-electron chi connectivity index (χ1n) is 5.36. The number of methoxy groups -OCH3 is 1. The zero-order valence-corrected chi connectivity index (χ0v) is 10.1. The number of benzene rings is 1. The lowest BCUT2D eigenvalue weighted by atomic mass is 9.79. The Morgan fingerprint density at radius 3 is 2.65 bits per heavy atom. The first kappa shape index (κ1) is 13.7. The van der Waals surface area contributed by atoms with Crippen molar-refractivity contribution < 1.29 is 13.5 Å².